The lowest BCUT2D eigenvalue weighted by Gasteiger charge is -2.12. The summed E-state index contributed by atoms with van der Waals surface area (Å²) in [6.45, 7) is 2.00. The lowest BCUT2D eigenvalue weighted by atomic mass is 10.1. The fourth-order valence-corrected chi connectivity index (χ4v) is 3.10. The average Bonchev–Trinajstić information content (AvgIpc) is 3.19. The maximum atomic E-state index is 11.0. The van der Waals surface area contributed by atoms with Crippen molar-refractivity contribution in [1.29, 1.82) is 0 Å². The number of carbonyl (C=O) groups is 1. The van der Waals surface area contributed by atoms with Crippen LogP contribution in [0.25, 0.3) is 33.4 Å². The van der Waals surface area contributed by atoms with Gasteiger partial charge in [0.2, 0.25) is 0 Å². The summed E-state index contributed by atoms with van der Waals surface area (Å²) in [6.07, 6.45) is 3.36. The summed E-state index contributed by atoms with van der Waals surface area (Å²) in [5, 5.41) is 5.36. The number of nitrogens with zero attached hydrogens (tertiary/aromatic N) is 5. The first-order valence-electron chi connectivity index (χ1n) is 8.21. The van der Waals surface area contributed by atoms with Gasteiger partial charge in [0.1, 0.15) is 29.6 Å². The van der Waals surface area contributed by atoms with Crippen molar-refractivity contribution < 1.29 is 9.21 Å². The first-order chi connectivity index (χ1) is 12.6. The van der Waals surface area contributed by atoms with E-state index < -0.39 is 0 Å². The summed E-state index contributed by atoms with van der Waals surface area (Å²) in [7, 11) is 0. The van der Waals surface area contributed by atoms with Gasteiger partial charge >= 0.3 is 0 Å². The Hall–Kier alpha value is -3.49. The van der Waals surface area contributed by atoms with Crippen LogP contribution in [-0.2, 0) is 4.79 Å². The molecule has 0 amide bonds. The number of benzene rings is 1. The normalized spacial score (nSPS) is 12.7. The summed E-state index contributed by atoms with van der Waals surface area (Å²) in [4.78, 5) is 23.6. The number of nitrogen functional groups attached to an aromatic ring is 2. The molecule has 3 heterocycles. The highest BCUT2D eigenvalue weighted by molar-refractivity contribution is 5.99. The number of aldehydes is 1. The fourth-order valence-electron chi connectivity index (χ4n) is 3.10. The lowest BCUT2D eigenvalue weighted by molar-refractivity contribution is -0.108. The predicted molar refractivity (Wildman–Crippen MR) is 97.2 cm³/mol. The summed E-state index contributed by atoms with van der Waals surface area (Å²) in [5.74, 6) is 0.331. The van der Waals surface area contributed by atoms with Gasteiger partial charge in [0.25, 0.3) is 6.01 Å². The maximum Gasteiger partial charge on any atom is 0.292 e. The standard InChI is InChI=1S/C17H17N7O2/c1-2-10(5-6-25)24-16-13(15(18)20-8-21-16)14(23-24)9-3-4-12-11(7-9)22-17(19)26-12/h3-4,6-8,10H,2,5H2,1H3,(H2,19,22)(H2,18,20,21). The molecular weight excluding hydrogens is 334 g/mol. The van der Waals surface area contributed by atoms with Gasteiger partial charge in [0.15, 0.2) is 11.2 Å². The van der Waals surface area contributed by atoms with Crippen LogP contribution in [0.1, 0.15) is 25.8 Å². The van der Waals surface area contributed by atoms with E-state index in [1.807, 2.05) is 19.1 Å². The Morgan fingerprint density at radius 1 is 1.31 bits per heavy atom. The van der Waals surface area contributed by atoms with E-state index in [9.17, 15) is 4.79 Å². The van der Waals surface area contributed by atoms with Crippen LogP contribution in [0, 0.1) is 0 Å². The third-order valence-electron chi connectivity index (χ3n) is 4.38. The number of fused-ring (bicyclic) bond motifs is 2. The molecule has 9 nitrogen and oxygen atoms in total. The van der Waals surface area contributed by atoms with E-state index in [0.29, 0.717) is 40.1 Å². The van der Waals surface area contributed by atoms with Crippen molar-refractivity contribution in [2.45, 2.75) is 25.8 Å². The van der Waals surface area contributed by atoms with Crippen LogP contribution in [0.3, 0.4) is 0 Å². The minimum Gasteiger partial charge on any atom is -0.424 e. The van der Waals surface area contributed by atoms with E-state index in [2.05, 4.69) is 15.0 Å². The molecule has 132 valence electrons. The molecule has 26 heavy (non-hydrogen) atoms. The van der Waals surface area contributed by atoms with Crippen molar-refractivity contribution in [2.24, 2.45) is 0 Å². The molecule has 0 spiro atoms. The number of rotatable bonds is 5. The molecule has 1 atom stereocenters. The van der Waals surface area contributed by atoms with Gasteiger partial charge in [-0.2, -0.15) is 10.1 Å². The molecule has 4 rings (SSSR count). The first kappa shape index (κ1) is 16.0. The molecule has 9 heteroatoms. The Bertz CT molecular complexity index is 1120. The zero-order valence-corrected chi connectivity index (χ0v) is 14.1. The zero-order valence-electron chi connectivity index (χ0n) is 14.1. The van der Waals surface area contributed by atoms with E-state index in [-0.39, 0.29) is 12.1 Å². The van der Waals surface area contributed by atoms with Crippen molar-refractivity contribution in [3.8, 4) is 11.3 Å². The van der Waals surface area contributed by atoms with E-state index in [4.69, 9.17) is 21.0 Å². The quantitative estimate of drug-likeness (QED) is 0.522. The summed E-state index contributed by atoms with van der Waals surface area (Å²) >= 11 is 0. The van der Waals surface area contributed by atoms with Crippen molar-refractivity contribution >= 4 is 40.3 Å². The number of carbonyl (C=O) groups excluding carboxylic acids is 1. The molecular formula is C17H17N7O2. The van der Waals surface area contributed by atoms with Crippen LogP contribution in [0.15, 0.2) is 28.9 Å². The molecule has 0 fully saturated rings. The van der Waals surface area contributed by atoms with Gasteiger partial charge in [-0.05, 0) is 24.6 Å². The number of aromatic nitrogens is 5. The highest BCUT2D eigenvalue weighted by Gasteiger charge is 2.21. The van der Waals surface area contributed by atoms with Crippen molar-refractivity contribution in [3.63, 3.8) is 0 Å². The molecule has 0 aliphatic rings. The van der Waals surface area contributed by atoms with Crippen molar-refractivity contribution in [1.82, 2.24) is 24.7 Å². The Kier molecular flexibility index (Phi) is 3.76. The third-order valence-corrected chi connectivity index (χ3v) is 4.38. The number of nitrogens with two attached hydrogens (primary N) is 2. The molecule has 4 N–H and O–H groups in total. The van der Waals surface area contributed by atoms with Gasteiger partial charge in [-0.25, -0.2) is 14.6 Å². The van der Waals surface area contributed by atoms with Gasteiger partial charge < -0.3 is 20.7 Å². The van der Waals surface area contributed by atoms with Crippen LogP contribution in [0.2, 0.25) is 0 Å². The summed E-state index contributed by atoms with van der Waals surface area (Å²) in [6, 6.07) is 5.46. The third kappa shape index (κ3) is 2.44. The molecule has 0 saturated heterocycles. The van der Waals surface area contributed by atoms with E-state index in [1.54, 1.807) is 10.7 Å². The maximum absolute atomic E-state index is 11.0. The number of hydrogen-bond acceptors (Lipinski definition) is 8. The average molecular weight is 351 g/mol. The minimum atomic E-state index is -0.107. The van der Waals surface area contributed by atoms with E-state index >= 15 is 0 Å². The Balaban J connectivity index is 1.97. The molecule has 0 aliphatic carbocycles. The van der Waals surface area contributed by atoms with Gasteiger partial charge in [0.05, 0.1) is 11.4 Å². The monoisotopic (exact) mass is 351 g/mol. The number of hydrogen-bond donors (Lipinski definition) is 2. The van der Waals surface area contributed by atoms with Crippen LogP contribution < -0.4 is 11.5 Å². The molecule has 3 aromatic heterocycles. The Morgan fingerprint density at radius 2 is 2.15 bits per heavy atom. The van der Waals surface area contributed by atoms with Gasteiger partial charge in [0, 0.05) is 12.0 Å². The second-order valence-corrected chi connectivity index (χ2v) is 5.95. The lowest BCUT2D eigenvalue weighted by Crippen LogP contribution is -2.11. The molecule has 0 bridgehead atoms. The van der Waals surface area contributed by atoms with Gasteiger partial charge in [-0.3, -0.25) is 0 Å². The minimum absolute atomic E-state index is 0.104. The summed E-state index contributed by atoms with van der Waals surface area (Å²) < 4.78 is 7.06. The first-order valence-corrected chi connectivity index (χ1v) is 8.21. The van der Waals surface area contributed by atoms with Gasteiger partial charge in [-0.1, -0.05) is 6.92 Å². The topological polar surface area (TPSA) is 139 Å². The second-order valence-electron chi connectivity index (χ2n) is 5.95. The highest BCUT2D eigenvalue weighted by Crippen LogP contribution is 2.34. The van der Waals surface area contributed by atoms with Crippen molar-refractivity contribution in [2.75, 3.05) is 11.5 Å². The van der Waals surface area contributed by atoms with Crippen molar-refractivity contribution in [3.05, 3.63) is 24.5 Å². The second kappa shape index (κ2) is 6.10. The van der Waals surface area contributed by atoms with Crippen LogP contribution >= 0.6 is 0 Å². The van der Waals surface area contributed by atoms with E-state index in [1.165, 1.54) is 6.33 Å². The number of oxazole rings is 1. The van der Waals surface area contributed by atoms with Crippen LogP contribution in [0.5, 0.6) is 0 Å². The molecule has 0 aliphatic heterocycles. The smallest absolute Gasteiger partial charge is 0.292 e. The van der Waals surface area contributed by atoms with Gasteiger partial charge in [-0.15, -0.1) is 0 Å². The molecule has 1 aromatic carbocycles. The summed E-state index contributed by atoms with van der Waals surface area (Å²) in [5.41, 5.74) is 15.0. The molecule has 4 aromatic rings. The predicted octanol–water partition coefficient (Wildman–Crippen LogP) is 2.34. The molecule has 1 unspecified atom stereocenters. The fraction of sp³-hybridized carbons (Fsp3) is 0.235. The Labute approximate surface area is 148 Å². The van der Waals surface area contributed by atoms with Crippen LogP contribution in [0.4, 0.5) is 11.8 Å². The molecule has 0 radical (unpaired) electrons. The highest BCUT2D eigenvalue weighted by atomic mass is 16.4. The number of anilines is 2. The largest absolute Gasteiger partial charge is 0.424 e. The molecule has 0 saturated carbocycles. The van der Waals surface area contributed by atoms with E-state index in [0.717, 1.165) is 18.3 Å². The van der Waals surface area contributed by atoms with Crippen LogP contribution in [-0.4, -0.2) is 31.0 Å². The zero-order chi connectivity index (χ0) is 18.3. The Morgan fingerprint density at radius 3 is 2.92 bits per heavy atom. The SMILES string of the molecule is CCC(CC=O)n1nc(-c2ccc3oc(N)nc3c2)c2c(N)ncnc21.